The van der Waals surface area contributed by atoms with Crippen molar-refractivity contribution in [3.8, 4) is 0 Å². The molecular formula is C17H35N. The first-order valence-corrected chi connectivity index (χ1v) is 8.31. The van der Waals surface area contributed by atoms with Gasteiger partial charge >= 0.3 is 0 Å². The molecule has 0 amide bonds. The predicted octanol–water partition coefficient (Wildman–Crippen LogP) is 4.86. The number of hydrogen-bond donors (Lipinski definition) is 1. The lowest BCUT2D eigenvalue weighted by Gasteiger charge is -2.39. The van der Waals surface area contributed by atoms with E-state index in [1.54, 1.807) is 0 Å². The molecule has 0 bridgehead atoms. The SMILES string of the molecule is CCCC(C)CC1CC(C(C)C)CCC1NCC. The predicted molar refractivity (Wildman–Crippen MR) is 81.8 cm³/mol. The monoisotopic (exact) mass is 253 g/mol. The summed E-state index contributed by atoms with van der Waals surface area (Å²) in [5.41, 5.74) is 0. The molecule has 1 saturated carbocycles. The first-order chi connectivity index (χ1) is 8.58. The Labute approximate surface area is 115 Å². The Kier molecular flexibility index (Phi) is 7.29. The summed E-state index contributed by atoms with van der Waals surface area (Å²) in [5.74, 6) is 3.68. The third kappa shape index (κ3) is 4.91. The molecule has 0 aromatic heterocycles. The van der Waals surface area contributed by atoms with Gasteiger partial charge in [0.25, 0.3) is 0 Å². The number of rotatable bonds is 7. The molecule has 1 fully saturated rings. The van der Waals surface area contributed by atoms with Gasteiger partial charge in [-0.05, 0) is 55.9 Å². The topological polar surface area (TPSA) is 12.0 Å². The minimum atomic E-state index is 0.796. The smallest absolute Gasteiger partial charge is 0.00955 e. The Hall–Kier alpha value is -0.0400. The van der Waals surface area contributed by atoms with Crippen LogP contribution in [0.15, 0.2) is 0 Å². The van der Waals surface area contributed by atoms with Crippen LogP contribution in [0.4, 0.5) is 0 Å². The standard InChI is InChI=1S/C17H35N/c1-6-8-14(5)11-16-12-15(13(3)4)9-10-17(16)18-7-2/h13-18H,6-12H2,1-5H3. The Morgan fingerprint density at radius 2 is 1.83 bits per heavy atom. The molecule has 0 radical (unpaired) electrons. The zero-order chi connectivity index (χ0) is 13.5. The highest BCUT2D eigenvalue weighted by Crippen LogP contribution is 2.37. The van der Waals surface area contributed by atoms with E-state index in [2.05, 4.69) is 39.9 Å². The van der Waals surface area contributed by atoms with Crippen molar-refractivity contribution in [2.45, 2.75) is 79.2 Å². The van der Waals surface area contributed by atoms with Gasteiger partial charge in [-0.2, -0.15) is 0 Å². The van der Waals surface area contributed by atoms with Crippen molar-refractivity contribution in [1.82, 2.24) is 5.32 Å². The first kappa shape index (κ1) is 16.0. The van der Waals surface area contributed by atoms with Gasteiger partial charge in [0.15, 0.2) is 0 Å². The van der Waals surface area contributed by atoms with Crippen molar-refractivity contribution in [2.75, 3.05) is 6.54 Å². The number of nitrogens with one attached hydrogen (secondary N) is 1. The van der Waals surface area contributed by atoms with Crippen LogP contribution < -0.4 is 5.32 Å². The molecule has 0 aliphatic heterocycles. The van der Waals surface area contributed by atoms with Crippen LogP contribution in [0.2, 0.25) is 0 Å². The van der Waals surface area contributed by atoms with Crippen molar-refractivity contribution in [1.29, 1.82) is 0 Å². The Morgan fingerprint density at radius 3 is 2.39 bits per heavy atom. The Bertz CT molecular complexity index is 212. The maximum atomic E-state index is 3.74. The summed E-state index contributed by atoms with van der Waals surface area (Å²) in [5, 5.41) is 3.74. The van der Waals surface area contributed by atoms with Crippen LogP contribution in [-0.2, 0) is 0 Å². The molecule has 1 aliphatic rings. The lowest BCUT2D eigenvalue weighted by molar-refractivity contribution is 0.147. The van der Waals surface area contributed by atoms with Gasteiger partial charge in [-0.15, -0.1) is 0 Å². The van der Waals surface area contributed by atoms with Gasteiger partial charge in [-0.25, -0.2) is 0 Å². The Morgan fingerprint density at radius 1 is 1.11 bits per heavy atom. The van der Waals surface area contributed by atoms with E-state index in [0.29, 0.717) is 0 Å². The van der Waals surface area contributed by atoms with Gasteiger partial charge in [0.1, 0.15) is 0 Å². The number of hydrogen-bond acceptors (Lipinski definition) is 1. The lowest BCUT2D eigenvalue weighted by atomic mass is 9.70. The molecule has 0 heterocycles. The second-order valence-corrected chi connectivity index (χ2v) is 6.87. The molecule has 4 unspecified atom stereocenters. The fraction of sp³-hybridized carbons (Fsp3) is 1.00. The minimum Gasteiger partial charge on any atom is -0.314 e. The molecular weight excluding hydrogens is 218 g/mol. The summed E-state index contributed by atoms with van der Waals surface area (Å²) in [6.45, 7) is 13.0. The van der Waals surface area contributed by atoms with E-state index < -0.39 is 0 Å². The summed E-state index contributed by atoms with van der Waals surface area (Å²) in [4.78, 5) is 0. The summed E-state index contributed by atoms with van der Waals surface area (Å²) in [6.07, 6.45) is 8.49. The van der Waals surface area contributed by atoms with Crippen molar-refractivity contribution in [3.63, 3.8) is 0 Å². The molecule has 4 atom stereocenters. The van der Waals surface area contributed by atoms with Crippen LogP contribution in [-0.4, -0.2) is 12.6 Å². The first-order valence-electron chi connectivity index (χ1n) is 8.31. The highest BCUT2D eigenvalue weighted by Gasteiger charge is 2.31. The van der Waals surface area contributed by atoms with Gasteiger partial charge in [0.05, 0.1) is 0 Å². The summed E-state index contributed by atoms with van der Waals surface area (Å²) < 4.78 is 0. The average molecular weight is 253 g/mol. The molecule has 0 spiro atoms. The quantitative estimate of drug-likeness (QED) is 0.683. The largest absolute Gasteiger partial charge is 0.314 e. The van der Waals surface area contributed by atoms with Crippen molar-refractivity contribution >= 4 is 0 Å². The minimum absolute atomic E-state index is 0.796. The van der Waals surface area contributed by atoms with Crippen LogP contribution >= 0.6 is 0 Å². The maximum Gasteiger partial charge on any atom is 0.00955 e. The third-order valence-corrected chi connectivity index (χ3v) is 4.92. The third-order valence-electron chi connectivity index (χ3n) is 4.92. The van der Waals surface area contributed by atoms with E-state index in [1.807, 2.05) is 0 Å². The van der Waals surface area contributed by atoms with Crippen LogP contribution in [0.5, 0.6) is 0 Å². The Balaban J connectivity index is 2.54. The molecule has 0 aromatic rings. The molecule has 1 heteroatoms. The fourth-order valence-corrected chi connectivity index (χ4v) is 3.82. The van der Waals surface area contributed by atoms with E-state index in [9.17, 15) is 0 Å². The van der Waals surface area contributed by atoms with Crippen LogP contribution in [0.1, 0.15) is 73.1 Å². The maximum absolute atomic E-state index is 3.74. The molecule has 1 N–H and O–H groups in total. The average Bonchev–Trinajstić information content (AvgIpc) is 2.31. The van der Waals surface area contributed by atoms with Crippen LogP contribution in [0.3, 0.4) is 0 Å². The van der Waals surface area contributed by atoms with Gasteiger partial charge in [-0.1, -0.05) is 47.5 Å². The zero-order valence-corrected chi connectivity index (χ0v) is 13.3. The van der Waals surface area contributed by atoms with Crippen molar-refractivity contribution in [3.05, 3.63) is 0 Å². The van der Waals surface area contributed by atoms with E-state index in [4.69, 9.17) is 0 Å². The van der Waals surface area contributed by atoms with Gasteiger partial charge < -0.3 is 5.32 Å². The fourth-order valence-electron chi connectivity index (χ4n) is 3.82. The second kappa shape index (κ2) is 8.19. The normalized spacial score (nSPS) is 30.7. The van der Waals surface area contributed by atoms with Gasteiger partial charge in [-0.3, -0.25) is 0 Å². The zero-order valence-electron chi connectivity index (χ0n) is 13.3. The van der Waals surface area contributed by atoms with Crippen molar-refractivity contribution < 1.29 is 0 Å². The van der Waals surface area contributed by atoms with Crippen LogP contribution in [0, 0.1) is 23.7 Å². The van der Waals surface area contributed by atoms with E-state index in [1.165, 1.54) is 38.5 Å². The molecule has 108 valence electrons. The molecule has 1 nitrogen and oxygen atoms in total. The highest BCUT2D eigenvalue weighted by molar-refractivity contribution is 4.86. The lowest BCUT2D eigenvalue weighted by Crippen LogP contribution is -2.42. The summed E-state index contributed by atoms with van der Waals surface area (Å²) in [6, 6.07) is 0.796. The molecule has 0 saturated heterocycles. The molecule has 0 aromatic carbocycles. The van der Waals surface area contributed by atoms with Gasteiger partial charge in [0, 0.05) is 6.04 Å². The van der Waals surface area contributed by atoms with E-state index in [-0.39, 0.29) is 0 Å². The summed E-state index contributed by atoms with van der Waals surface area (Å²) >= 11 is 0. The molecule has 1 rings (SSSR count). The second-order valence-electron chi connectivity index (χ2n) is 6.87. The molecule has 18 heavy (non-hydrogen) atoms. The van der Waals surface area contributed by atoms with Crippen molar-refractivity contribution in [2.24, 2.45) is 23.7 Å². The summed E-state index contributed by atoms with van der Waals surface area (Å²) in [7, 11) is 0. The van der Waals surface area contributed by atoms with E-state index in [0.717, 1.165) is 36.3 Å². The molecule has 1 aliphatic carbocycles. The van der Waals surface area contributed by atoms with Crippen LogP contribution in [0.25, 0.3) is 0 Å². The highest BCUT2D eigenvalue weighted by atomic mass is 14.9. The van der Waals surface area contributed by atoms with E-state index >= 15 is 0 Å². The van der Waals surface area contributed by atoms with Gasteiger partial charge in [0.2, 0.25) is 0 Å².